The minimum atomic E-state index is -0.565. The predicted octanol–water partition coefficient (Wildman–Crippen LogP) is 0.923. The molecule has 0 fully saturated rings. The normalized spacial score (nSPS) is 9.06. The van der Waals surface area contributed by atoms with E-state index in [0.29, 0.717) is 17.2 Å². The number of benzene rings is 1. The molecular weight excluding hydrogens is 224 g/mol. The number of carbonyl (C=O) groups excluding carboxylic acids is 1. The van der Waals surface area contributed by atoms with Gasteiger partial charge in [0.2, 0.25) is 0 Å². The van der Waals surface area contributed by atoms with E-state index in [1.807, 2.05) is 5.32 Å². The first kappa shape index (κ1) is 12.6. The highest BCUT2D eigenvalue weighted by molar-refractivity contribution is 5.98. The molecule has 1 rings (SSSR count). The summed E-state index contributed by atoms with van der Waals surface area (Å²) in [7, 11) is 4.35. The Bertz CT molecular complexity index is 465. The number of nitriles is 1. The first-order valence-electron chi connectivity index (χ1n) is 4.67. The van der Waals surface area contributed by atoms with Crippen LogP contribution in [0.5, 0.6) is 17.2 Å². The van der Waals surface area contributed by atoms with Gasteiger partial charge in [0.1, 0.15) is 5.75 Å². The standard InChI is InChI=1S/C11H12N2O4/c1-15-8-5-10(17-3)9(16-2)4-7(8)11(14)13-6-12/h4-5H,1-3H3,(H,13,14). The number of hydrogen-bond acceptors (Lipinski definition) is 5. The summed E-state index contributed by atoms with van der Waals surface area (Å²) in [6, 6.07) is 2.97. The van der Waals surface area contributed by atoms with Gasteiger partial charge in [-0.25, -0.2) is 0 Å². The van der Waals surface area contributed by atoms with Crippen LogP contribution in [0.3, 0.4) is 0 Å². The molecule has 0 saturated heterocycles. The maximum Gasteiger partial charge on any atom is 0.268 e. The Hall–Kier alpha value is -2.42. The molecule has 1 N–H and O–H groups in total. The van der Waals surface area contributed by atoms with E-state index in [0.717, 1.165) is 0 Å². The fraction of sp³-hybridized carbons (Fsp3) is 0.273. The summed E-state index contributed by atoms with van der Waals surface area (Å²) in [4.78, 5) is 11.6. The van der Waals surface area contributed by atoms with Gasteiger partial charge in [0.15, 0.2) is 17.7 Å². The number of nitrogens with one attached hydrogen (secondary N) is 1. The van der Waals surface area contributed by atoms with Gasteiger partial charge < -0.3 is 14.2 Å². The Morgan fingerprint density at radius 3 is 2.12 bits per heavy atom. The molecule has 1 amide bonds. The lowest BCUT2D eigenvalue weighted by molar-refractivity contribution is 0.0969. The number of carbonyl (C=O) groups is 1. The smallest absolute Gasteiger partial charge is 0.268 e. The zero-order chi connectivity index (χ0) is 12.8. The predicted molar refractivity (Wildman–Crippen MR) is 59.2 cm³/mol. The van der Waals surface area contributed by atoms with Crippen molar-refractivity contribution in [2.24, 2.45) is 0 Å². The van der Waals surface area contributed by atoms with Gasteiger partial charge in [-0.1, -0.05) is 0 Å². The van der Waals surface area contributed by atoms with Gasteiger partial charge in [0, 0.05) is 12.1 Å². The van der Waals surface area contributed by atoms with E-state index in [2.05, 4.69) is 0 Å². The highest BCUT2D eigenvalue weighted by atomic mass is 16.5. The van der Waals surface area contributed by atoms with Crippen LogP contribution in [0.15, 0.2) is 12.1 Å². The van der Waals surface area contributed by atoms with Gasteiger partial charge in [0.25, 0.3) is 5.91 Å². The maximum absolute atomic E-state index is 11.6. The summed E-state index contributed by atoms with van der Waals surface area (Å²) >= 11 is 0. The highest BCUT2D eigenvalue weighted by Crippen LogP contribution is 2.34. The van der Waals surface area contributed by atoms with Gasteiger partial charge in [-0.15, -0.1) is 0 Å². The number of methoxy groups -OCH3 is 3. The Morgan fingerprint density at radius 2 is 1.65 bits per heavy atom. The van der Waals surface area contributed by atoms with Crippen molar-refractivity contribution in [2.45, 2.75) is 0 Å². The van der Waals surface area contributed by atoms with Crippen LogP contribution in [-0.2, 0) is 0 Å². The third-order valence-electron chi connectivity index (χ3n) is 2.12. The average molecular weight is 236 g/mol. The minimum absolute atomic E-state index is 0.201. The van der Waals surface area contributed by atoms with Crippen molar-refractivity contribution in [3.63, 3.8) is 0 Å². The average Bonchev–Trinajstić information content (AvgIpc) is 2.37. The Morgan fingerprint density at radius 1 is 1.12 bits per heavy atom. The number of ether oxygens (including phenoxy) is 3. The van der Waals surface area contributed by atoms with E-state index < -0.39 is 5.91 Å². The van der Waals surface area contributed by atoms with Crippen LogP contribution < -0.4 is 19.5 Å². The van der Waals surface area contributed by atoms with E-state index in [-0.39, 0.29) is 5.56 Å². The van der Waals surface area contributed by atoms with Gasteiger partial charge in [-0.3, -0.25) is 10.1 Å². The molecule has 1 aromatic rings. The second kappa shape index (κ2) is 5.61. The quantitative estimate of drug-likeness (QED) is 0.621. The van der Waals surface area contributed by atoms with Crippen LogP contribution in [0.1, 0.15) is 10.4 Å². The molecule has 0 spiro atoms. The zero-order valence-corrected chi connectivity index (χ0v) is 9.73. The summed E-state index contributed by atoms with van der Waals surface area (Å²) in [5, 5.41) is 10.4. The molecule has 17 heavy (non-hydrogen) atoms. The number of rotatable bonds is 4. The molecule has 6 heteroatoms. The van der Waals surface area contributed by atoms with E-state index in [1.165, 1.54) is 33.5 Å². The zero-order valence-electron chi connectivity index (χ0n) is 9.73. The highest BCUT2D eigenvalue weighted by Gasteiger charge is 2.17. The monoisotopic (exact) mass is 236 g/mol. The van der Waals surface area contributed by atoms with E-state index in [1.54, 1.807) is 6.19 Å². The van der Waals surface area contributed by atoms with Crippen molar-refractivity contribution in [2.75, 3.05) is 21.3 Å². The lowest BCUT2D eigenvalue weighted by Gasteiger charge is -2.12. The minimum Gasteiger partial charge on any atom is -0.496 e. The van der Waals surface area contributed by atoms with Crippen molar-refractivity contribution in [3.05, 3.63) is 17.7 Å². The fourth-order valence-corrected chi connectivity index (χ4v) is 1.32. The molecule has 0 saturated carbocycles. The van der Waals surface area contributed by atoms with Gasteiger partial charge >= 0.3 is 0 Å². The SMILES string of the molecule is COc1cc(OC)c(C(=O)NC#N)cc1OC. The molecule has 0 atom stereocenters. The Kier molecular flexibility index (Phi) is 4.17. The summed E-state index contributed by atoms with van der Waals surface area (Å²) in [6.45, 7) is 0. The second-order valence-corrected chi connectivity index (χ2v) is 2.97. The molecule has 1 aromatic carbocycles. The Balaban J connectivity index is 3.29. The molecule has 0 bridgehead atoms. The van der Waals surface area contributed by atoms with Crippen molar-refractivity contribution in [1.82, 2.24) is 5.32 Å². The van der Waals surface area contributed by atoms with Crippen molar-refractivity contribution >= 4 is 5.91 Å². The van der Waals surface area contributed by atoms with Crippen LogP contribution >= 0.6 is 0 Å². The molecule has 0 radical (unpaired) electrons. The second-order valence-electron chi connectivity index (χ2n) is 2.97. The van der Waals surface area contributed by atoms with Gasteiger partial charge in [-0.2, -0.15) is 5.26 Å². The van der Waals surface area contributed by atoms with Gasteiger partial charge in [-0.05, 0) is 0 Å². The number of hydrogen-bond donors (Lipinski definition) is 1. The van der Waals surface area contributed by atoms with Crippen molar-refractivity contribution in [1.29, 1.82) is 5.26 Å². The fourth-order valence-electron chi connectivity index (χ4n) is 1.32. The molecule has 90 valence electrons. The van der Waals surface area contributed by atoms with E-state index in [9.17, 15) is 4.79 Å². The van der Waals surface area contributed by atoms with Crippen molar-refractivity contribution in [3.8, 4) is 23.4 Å². The summed E-state index contributed by atoms with van der Waals surface area (Å²) in [5.74, 6) is 0.565. The third kappa shape index (κ3) is 2.58. The largest absolute Gasteiger partial charge is 0.496 e. The van der Waals surface area contributed by atoms with Gasteiger partial charge in [0.05, 0.1) is 26.9 Å². The van der Waals surface area contributed by atoms with Crippen LogP contribution in [-0.4, -0.2) is 27.2 Å². The van der Waals surface area contributed by atoms with E-state index >= 15 is 0 Å². The van der Waals surface area contributed by atoms with E-state index in [4.69, 9.17) is 19.5 Å². The van der Waals surface area contributed by atoms with Crippen molar-refractivity contribution < 1.29 is 19.0 Å². The first-order valence-corrected chi connectivity index (χ1v) is 4.67. The lowest BCUT2D eigenvalue weighted by atomic mass is 10.1. The van der Waals surface area contributed by atoms with Crippen LogP contribution in [0.2, 0.25) is 0 Å². The molecule has 0 unspecified atom stereocenters. The maximum atomic E-state index is 11.6. The summed E-state index contributed by atoms with van der Waals surface area (Å²) < 4.78 is 15.2. The van der Waals surface area contributed by atoms with Crippen LogP contribution in [0.25, 0.3) is 0 Å². The number of nitrogens with zero attached hydrogens (tertiary/aromatic N) is 1. The summed E-state index contributed by atoms with van der Waals surface area (Å²) in [6.07, 6.45) is 1.56. The van der Waals surface area contributed by atoms with Crippen LogP contribution in [0, 0.1) is 11.5 Å². The Labute approximate surface area is 98.7 Å². The topological polar surface area (TPSA) is 80.6 Å². The first-order chi connectivity index (χ1) is 8.17. The molecule has 6 nitrogen and oxygen atoms in total. The lowest BCUT2D eigenvalue weighted by Crippen LogP contribution is -2.18. The summed E-state index contributed by atoms with van der Waals surface area (Å²) in [5.41, 5.74) is 0.201. The number of amides is 1. The molecule has 0 heterocycles. The third-order valence-corrected chi connectivity index (χ3v) is 2.12. The molecule has 0 aliphatic heterocycles. The molecule has 0 aliphatic carbocycles. The molecule has 0 aromatic heterocycles. The molecule has 0 aliphatic rings. The van der Waals surface area contributed by atoms with Crippen LogP contribution in [0.4, 0.5) is 0 Å². The molecular formula is C11H12N2O4.